The molecule has 1 aromatic heterocycles. The van der Waals surface area contributed by atoms with E-state index in [-0.39, 0.29) is 12.7 Å². The Kier molecular flexibility index (Phi) is 6.28. The van der Waals surface area contributed by atoms with Gasteiger partial charge in [-0.2, -0.15) is 5.10 Å². The summed E-state index contributed by atoms with van der Waals surface area (Å²) in [5, 5.41) is 5.85. The molecule has 2 aromatic carbocycles. The number of pyridine rings is 1. The van der Waals surface area contributed by atoms with Gasteiger partial charge in [-0.3, -0.25) is 14.7 Å². The zero-order valence-electron chi connectivity index (χ0n) is 18.0. The first-order valence-electron chi connectivity index (χ1n) is 10.9. The third kappa shape index (κ3) is 5.02. The molecule has 0 atom stereocenters. The number of nitrogens with one attached hydrogen (secondary N) is 1. The van der Waals surface area contributed by atoms with E-state index in [0.717, 1.165) is 48.4 Å². The number of rotatable bonds is 6. The van der Waals surface area contributed by atoms with Crippen molar-refractivity contribution >= 4 is 40.3 Å². The molecule has 8 nitrogen and oxygen atoms in total. The summed E-state index contributed by atoms with van der Waals surface area (Å²) in [6.07, 6.45) is 3.83. The van der Waals surface area contributed by atoms with Crippen LogP contribution in [0.5, 0.6) is 11.5 Å². The third-order valence-electron chi connectivity index (χ3n) is 5.85. The van der Waals surface area contributed by atoms with Crippen molar-refractivity contribution in [3.8, 4) is 11.5 Å². The second kappa shape index (κ2) is 9.64. The highest BCUT2D eigenvalue weighted by Crippen LogP contribution is 2.32. The second-order valence-corrected chi connectivity index (χ2v) is 8.41. The number of aromatic nitrogens is 1. The summed E-state index contributed by atoms with van der Waals surface area (Å²) in [7, 11) is 0. The lowest BCUT2D eigenvalue weighted by molar-refractivity contribution is -0.121. The van der Waals surface area contributed by atoms with Gasteiger partial charge in [-0.1, -0.05) is 11.6 Å². The van der Waals surface area contributed by atoms with Crippen LogP contribution in [0.25, 0.3) is 10.9 Å². The fourth-order valence-corrected chi connectivity index (χ4v) is 4.25. The van der Waals surface area contributed by atoms with Crippen LogP contribution in [0.3, 0.4) is 0 Å². The third-order valence-corrected chi connectivity index (χ3v) is 6.08. The highest BCUT2D eigenvalue weighted by molar-refractivity contribution is 6.31. The molecule has 1 N–H and O–H groups in total. The molecule has 5 rings (SSSR count). The van der Waals surface area contributed by atoms with Crippen LogP contribution >= 0.6 is 11.6 Å². The molecule has 33 heavy (non-hydrogen) atoms. The number of anilines is 1. The largest absolute Gasteiger partial charge is 0.454 e. The number of benzene rings is 2. The molecule has 3 aromatic rings. The first-order valence-corrected chi connectivity index (χ1v) is 11.3. The van der Waals surface area contributed by atoms with Crippen molar-refractivity contribution in [3.05, 3.63) is 59.2 Å². The number of ether oxygens (including phenoxy) is 2. The van der Waals surface area contributed by atoms with Crippen LogP contribution in [-0.4, -0.2) is 61.5 Å². The number of halogens is 1. The molecule has 3 heterocycles. The number of hydrogen-bond acceptors (Lipinski definition) is 7. The molecule has 1 saturated heterocycles. The number of hydrazone groups is 1. The van der Waals surface area contributed by atoms with Crippen molar-refractivity contribution in [2.45, 2.75) is 6.42 Å². The minimum absolute atomic E-state index is 0.105. The van der Waals surface area contributed by atoms with E-state index < -0.39 is 0 Å². The Morgan fingerprint density at radius 1 is 1.09 bits per heavy atom. The van der Waals surface area contributed by atoms with Crippen molar-refractivity contribution < 1.29 is 14.3 Å². The average molecular weight is 466 g/mol. The van der Waals surface area contributed by atoms with E-state index in [2.05, 4.69) is 31.4 Å². The number of fused-ring (bicyclic) bond motifs is 2. The topological polar surface area (TPSA) is 79.3 Å². The number of nitrogens with zero attached hydrogens (tertiary/aromatic N) is 4. The Bertz CT molecular complexity index is 1190. The number of carbonyl (C=O) groups excluding carboxylic acids is 1. The molecular weight excluding hydrogens is 442 g/mol. The molecule has 0 radical (unpaired) electrons. The van der Waals surface area contributed by atoms with Gasteiger partial charge < -0.3 is 14.4 Å². The standard InChI is InChI=1S/C24H24ClN5O3/c25-18-2-3-19-20(14-18)26-7-5-21(19)30-11-9-29(10-12-30)8-6-24(31)28-27-15-17-1-4-22-23(13-17)33-16-32-22/h1-5,7,13-15H,6,8-12,16H2,(H,28,31)/b27-15+. The molecule has 0 saturated carbocycles. The Morgan fingerprint density at radius 2 is 1.94 bits per heavy atom. The van der Waals surface area contributed by atoms with Gasteiger partial charge in [-0.25, -0.2) is 5.43 Å². The van der Waals surface area contributed by atoms with Gasteiger partial charge in [0.15, 0.2) is 11.5 Å². The smallest absolute Gasteiger partial charge is 0.241 e. The summed E-state index contributed by atoms with van der Waals surface area (Å²) in [6, 6.07) is 13.4. The second-order valence-electron chi connectivity index (χ2n) is 7.98. The van der Waals surface area contributed by atoms with Gasteiger partial charge in [0.25, 0.3) is 0 Å². The van der Waals surface area contributed by atoms with E-state index in [1.165, 1.54) is 5.69 Å². The van der Waals surface area contributed by atoms with Gasteiger partial charge in [-0.15, -0.1) is 0 Å². The lowest BCUT2D eigenvalue weighted by Crippen LogP contribution is -2.47. The Hall–Kier alpha value is -3.36. The van der Waals surface area contributed by atoms with Crippen molar-refractivity contribution in [2.24, 2.45) is 5.10 Å². The van der Waals surface area contributed by atoms with Crippen molar-refractivity contribution in [3.63, 3.8) is 0 Å². The van der Waals surface area contributed by atoms with Crippen molar-refractivity contribution in [2.75, 3.05) is 44.4 Å². The van der Waals surface area contributed by atoms with Crippen LogP contribution in [0, 0.1) is 0 Å². The first kappa shape index (κ1) is 21.5. The zero-order chi connectivity index (χ0) is 22.6. The lowest BCUT2D eigenvalue weighted by atomic mass is 10.1. The molecule has 2 aliphatic heterocycles. The number of carbonyl (C=O) groups is 1. The molecule has 0 unspecified atom stereocenters. The average Bonchev–Trinajstić information content (AvgIpc) is 3.30. The van der Waals surface area contributed by atoms with Crippen LogP contribution in [0.4, 0.5) is 5.69 Å². The molecule has 1 fully saturated rings. The fourth-order valence-electron chi connectivity index (χ4n) is 4.08. The van der Waals surface area contributed by atoms with Crippen LogP contribution in [0.1, 0.15) is 12.0 Å². The predicted octanol–water partition coefficient (Wildman–Crippen LogP) is 3.28. The first-order chi connectivity index (χ1) is 16.2. The number of hydrogen-bond donors (Lipinski definition) is 1. The lowest BCUT2D eigenvalue weighted by Gasteiger charge is -2.36. The van der Waals surface area contributed by atoms with Gasteiger partial charge in [0.05, 0.1) is 11.7 Å². The molecule has 2 aliphatic rings. The molecule has 0 aliphatic carbocycles. The summed E-state index contributed by atoms with van der Waals surface area (Å²) in [5.74, 6) is 1.30. The summed E-state index contributed by atoms with van der Waals surface area (Å²) in [4.78, 5) is 21.3. The number of piperazine rings is 1. The highest BCUT2D eigenvalue weighted by atomic mass is 35.5. The van der Waals surface area contributed by atoms with Crippen LogP contribution in [-0.2, 0) is 4.79 Å². The van der Waals surface area contributed by atoms with E-state index in [9.17, 15) is 4.79 Å². The van der Waals surface area contributed by atoms with Gasteiger partial charge in [0.2, 0.25) is 12.7 Å². The normalized spacial score (nSPS) is 16.0. The maximum atomic E-state index is 12.2. The maximum Gasteiger partial charge on any atom is 0.241 e. The summed E-state index contributed by atoms with van der Waals surface area (Å²) in [6.45, 7) is 4.51. The molecule has 170 valence electrons. The van der Waals surface area contributed by atoms with Crippen LogP contribution in [0.15, 0.2) is 53.8 Å². The van der Waals surface area contributed by atoms with Gasteiger partial charge in [0, 0.05) is 61.4 Å². The highest BCUT2D eigenvalue weighted by Gasteiger charge is 2.19. The number of amides is 1. The van der Waals surface area contributed by atoms with E-state index in [1.807, 2.05) is 42.6 Å². The summed E-state index contributed by atoms with van der Waals surface area (Å²) in [5.41, 5.74) is 5.51. The van der Waals surface area contributed by atoms with Gasteiger partial charge >= 0.3 is 0 Å². The van der Waals surface area contributed by atoms with Crippen LogP contribution in [0.2, 0.25) is 5.02 Å². The Balaban J connectivity index is 1.08. The minimum Gasteiger partial charge on any atom is -0.454 e. The van der Waals surface area contributed by atoms with Crippen molar-refractivity contribution in [1.29, 1.82) is 0 Å². The SMILES string of the molecule is O=C(CCN1CCN(c2ccnc3cc(Cl)ccc23)CC1)N/N=C/c1ccc2c(c1)OCO2. The molecule has 0 spiro atoms. The zero-order valence-corrected chi connectivity index (χ0v) is 18.8. The van der Waals surface area contributed by atoms with Crippen molar-refractivity contribution in [1.82, 2.24) is 15.3 Å². The maximum absolute atomic E-state index is 12.2. The summed E-state index contributed by atoms with van der Waals surface area (Å²) < 4.78 is 10.6. The fraction of sp³-hybridized carbons (Fsp3) is 0.292. The van der Waals surface area contributed by atoms with Gasteiger partial charge in [-0.05, 0) is 48.0 Å². The summed E-state index contributed by atoms with van der Waals surface area (Å²) >= 11 is 6.11. The van der Waals surface area contributed by atoms with E-state index >= 15 is 0 Å². The van der Waals surface area contributed by atoms with Gasteiger partial charge in [0.1, 0.15) is 0 Å². The Morgan fingerprint density at radius 3 is 2.82 bits per heavy atom. The van der Waals surface area contributed by atoms with Crippen LogP contribution < -0.4 is 19.8 Å². The quantitative estimate of drug-likeness (QED) is 0.444. The predicted molar refractivity (Wildman–Crippen MR) is 128 cm³/mol. The Labute approximate surface area is 196 Å². The molecule has 0 bridgehead atoms. The van der Waals surface area contributed by atoms with E-state index in [1.54, 1.807) is 6.21 Å². The molecular formula is C24H24ClN5O3. The van der Waals surface area contributed by atoms with E-state index in [4.69, 9.17) is 21.1 Å². The monoisotopic (exact) mass is 465 g/mol. The minimum atomic E-state index is -0.105. The molecule has 1 amide bonds. The molecule has 9 heteroatoms. The van der Waals surface area contributed by atoms with E-state index in [0.29, 0.717) is 23.7 Å².